The maximum absolute atomic E-state index is 11.0. The Balaban J connectivity index is 2.63. The van der Waals surface area contributed by atoms with Crippen LogP contribution in [0.2, 0.25) is 0 Å². The fraction of sp³-hybridized carbons (Fsp3) is 0.214. The first-order valence-corrected chi connectivity index (χ1v) is 5.72. The normalized spacial score (nSPS) is 11.0. The summed E-state index contributed by atoms with van der Waals surface area (Å²) in [5, 5.41) is 15.4. The average molecular weight is 255 g/mol. The van der Waals surface area contributed by atoms with Gasteiger partial charge in [-0.3, -0.25) is 15.1 Å². The SMILES string of the molecule is C#CC(C)(C)Nc1ccc([N+](=O)[O-])c2cnccc12. The second-order valence-electron chi connectivity index (χ2n) is 4.70. The van der Waals surface area contributed by atoms with E-state index < -0.39 is 10.5 Å². The first kappa shape index (κ1) is 12.8. The third-order valence-corrected chi connectivity index (χ3v) is 2.80. The minimum absolute atomic E-state index is 0.0344. The molecule has 0 radical (unpaired) electrons. The van der Waals surface area contributed by atoms with Crippen molar-refractivity contribution in [2.45, 2.75) is 19.4 Å². The van der Waals surface area contributed by atoms with E-state index >= 15 is 0 Å². The van der Waals surface area contributed by atoms with Gasteiger partial charge in [0.15, 0.2) is 0 Å². The summed E-state index contributed by atoms with van der Waals surface area (Å²) in [5.41, 5.74) is 0.255. The molecule has 0 amide bonds. The summed E-state index contributed by atoms with van der Waals surface area (Å²) in [7, 11) is 0. The Kier molecular flexibility index (Phi) is 3.09. The molecule has 1 aromatic heterocycles. The number of hydrogen-bond acceptors (Lipinski definition) is 4. The molecule has 0 unspecified atom stereocenters. The van der Waals surface area contributed by atoms with E-state index in [0.717, 1.165) is 11.1 Å². The van der Waals surface area contributed by atoms with Gasteiger partial charge in [0.1, 0.15) is 0 Å². The molecule has 96 valence electrons. The zero-order valence-corrected chi connectivity index (χ0v) is 10.7. The number of aromatic nitrogens is 1. The number of nitrogens with one attached hydrogen (secondary N) is 1. The summed E-state index contributed by atoms with van der Waals surface area (Å²) in [6.07, 6.45) is 8.53. The Morgan fingerprint density at radius 3 is 2.74 bits per heavy atom. The molecule has 0 aliphatic heterocycles. The smallest absolute Gasteiger partial charge is 0.278 e. The third kappa shape index (κ3) is 2.47. The molecule has 1 heterocycles. The number of terminal acetylenes is 1. The van der Waals surface area contributed by atoms with Crippen molar-refractivity contribution < 1.29 is 4.92 Å². The Hall–Kier alpha value is -2.61. The fourth-order valence-corrected chi connectivity index (χ4v) is 1.82. The molecule has 1 aromatic carbocycles. The standard InChI is InChI=1S/C14H13N3O2/c1-4-14(2,3)16-12-5-6-13(17(18)19)11-9-15-8-7-10(11)12/h1,5-9,16H,2-3H3. The van der Waals surface area contributed by atoms with Gasteiger partial charge in [0, 0.05) is 29.5 Å². The lowest BCUT2D eigenvalue weighted by molar-refractivity contribution is -0.383. The van der Waals surface area contributed by atoms with Gasteiger partial charge in [0.05, 0.1) is 15.8 Å². The van der Waals surface area contributed by atoms with Crippen LogP contribution >= 0.6 is 0 Å². The predicted molar refractivity (Wildman–Crippen MR) is 74.9 cm³/mol. The number of pyridine rings is 1. The number of fused-ring (bicyclic) bond motifs is 1. The van der Waals surface area contributed by atoms with Crippen LogP contribution in [0.4, 0.5) is 11.4 Å². The van der Waals surface area contributed by atoms with Gasteiger partial charge < -0.3 is 5.32 Å². The van der Waals surface area contributed by atoms with Crippen LogP contribution in [0.1, 0.15) is 13.8 Å². The average Bonchev–Trinajstić information content (AvgIpc) is 2.38. The minimum Gasteiger partial charge on any atom is -0.369 e. The Labute approximate surface area is 110 Å². The van der Waals surface area contributed by atoms with Gasteiger partial charge in [-0.1, -0.05) is 5.92 Å². The minimum atomic E-state index is -0.535. The highest BCUT2D eigenvalue weighted by atomic mass is 16.6. The van der Waals surface area contributed by atoms with Gasteiger partial charge in [-0.2, -0.15) is 0 Å². The van der Waals surface area contributed by atoms with Gasteiger partial charge in [-0.25, -0.2) is 0 Å². The van der Waals surface area contributed by atoms with Crippen molar-refractivity contribution in [2.75, 3.05) is 5.32 Å². The molecule has 0 saturated heterocycles. The quantitative estimate of drug-likeness (QED) is 0.520. The van der Waals surface area contributed by atoms with E-state index in [-0.39, 0.29) is 5.69 Å². The maximum atomic E-state index is 11.0. The molecule has 0 aliphatic rings. The lowest BCUT2D eigenvalue weighted by atomic mass is 10.0. The van der Waals surface area contributed by atoms with Gasteiger partial charge >= 0.3 is 0 Å². The summed E-state index contributed by atoms with van der Waals surface area (Å²) >= 11 is 0. The fourth-order valence-electron chi connectivity index (χ4n) is 1.82. The van der Waals surface area contributed by atoms with Gasteiger partial charge in [0.25, 0.3) is 5.69 Å². The van der Waals surface area contributed by atoms with Crippen molar-refractivity contribution in [1.29, 1.82) is 0 Å². The molecule has 5 heteroatoms. The molecule has 1 N–H and O–H groups in total. The summed E-state index contributed by atoms with van der Waals surface area (Å²) in [4.78, 5) is 14.5. The van der Waals surface area contributed by atoms with Crippen LogP contribution in [0.25, 0.3) is 10.8 Å². The number of rotatable bonds is 3. The summed E-state index contributed by atoms with van der Waals surface area (Å²) in [6.45, 7) is 3.73. The number of anilines is 1. The second kappa shape index (κ2) is 4.58. The Morgan fingerprint density at radius 1 is 1.37 bits per heavy atom. The van der Waals surface area contributed by atoms with Crippen molar-refractivity contribution >= 4 is 22.1 Å². The molecule has 0 saturated carbocycles. The molecular weight excluding hydrogens is 242 g/mol. The molecule has 0 bridgehead atoms. The molecule has 0 fully saturated rings. The summed E-state index contributed by atoms with van der Waals surface area (Å²) in [6, 6.07) is 4.86. The highest BCUT2D eigenvalue weighted by Gasteiger charge is 2.18. The first-order chi connectivity index (χ1) is 8.94. The largest absolute Gasteiger partial charge is 0.369 e. The van der Waals surface area contributed by atoms with Crippen molar-refractivity contribution in [1.82, 2.24) is 4.98 Å². The van der Waals surface area contributed by atoms with E-state index in [1.54, 1.807) is 18.3 Å². The van der Waals surface area contributed by atoms with E-state index in [4.69, 9.17) is 6.42 Å². The van der Waals surface area contributed by atoms with Gasteiger partial charge in [0.2, 0.25) is 0 Å². The zero-order chi connectivity index (χ0) is 14.0. The van der Waals surface area contributed by atoms with Crippen LogP contribution in [0.5, 0.6) is 0 Å². The summed E-state index contributed by atoms with van der Waals surface area (Å²) < 4.78 is 0. The molecule has 2 rings (SSSR count). The van der Waals surface area contributed by atoms with Gasteiger partial charge in [-0.05, 0) is 26.0 Å². The number of non-ortho nitro benzene ring substituents is 1. The second-order valence-corrected chi connectivity index (χ2v) is 4.70. The topological polar surface area (TPSA) is 68.1 Å². The first-order valence-electron chi connectivity index (χ1n) is 5.72. The van der Waals surface area contributed by atoms with Crippen LogP contribution in [-0.2, 0) is 0 Å². The number of nitro benzene ring substituents is 1. The summed E-state index contributed by atoms with van der Waals surface area (Å²) in [5.74, 6) is 2.63. The molecule has 0 spiro atoms. The van der Waals surface area contributed by atoms with Crippen LogP contribution < -0.4 is 5.32 Å². The molecule has 0 atom stereocenters. The van der Waals surface area contributed by atoms with E-state index in [1.165, 1.54) is 12.3 Å². The van der Waals surface area contributed by atoms with Crippen LogP contribution in [0.15, 0.2) is 30.6 Å². The number of hydrogen-bond donors (Lipinski definition) is 1. The molecule has 5 nitrogen and oxygen atoms in total. The zero-order valence-electron chi connectivity index (χ0n) is 10.7. The van der Waals surface area contributed by atoms with Crippen LogP contribution in [0.3, 0.4) is 0 Å². The van der Waals surface area contributed by atoms with Crippen molar-refractivity contribution in [3.8, 4) is 12.3 Å². The third-order valence-electron chi connectivity index (χ3n) is 2.80. The Bertz CT molecular complexity index is 687. The van der Waals surface area contributed by atoms with Crippen LogP contribution in [0, 0.1) is 22.5 Å². The maximum Gasteiger partial charge on any atom is 0.278 e. The number of benzene rings is 1. The van der Waals surface area contributed by atoms with E-state index in [1.807, 2.05) is 13.8 Å². The monoisotopic (exact) mass is 255 g/mol. The predicted octanol–water partition coefficient (Wildman–Crippen LogP) is 2.97. The lowest BCUT2D eigenvalue weighted by Crippen LogP contribution is -2.28. The van der Waals surface area contributed by atoms with E-state index in [0.29, 0.717) is 5.39 Å². The van der Waals surface area contributed by atoms with E-state index in [9.17, 15) is 10.1 Å². The molecule has 0 aliphatic carbocycles. The van der Waals surface area contributed by atoms with E-state index in [2.05, 4.69) is 16.2 Å². The Morgan fingerprint density at radius 2 is 2.11 bits per heavy atom. The van der Waals surface area contributed by atoms with Crippen molar-refractivity contribution in [2.24, 2.45) is 0 Å². The molecular formula is C14H13N3O2. The number of nitrogens with zero attached hydrogens (tertiary/aromatic N) is 2. The highest BCUT2D eigenvalue weighted by molar-refractivity contribution is 5.99. The van der Waals surface area contributed by atoms with Crippen LogP contribution in [-0.4, -0.2) is 15.4 Å². The molecule has 19 heavy (non-hydrogen) atoms. The van der Waals surface area contributed by atoms with Crippen molar-refractivity contribution in [3.63, 3.8) is 0 Å². The molecule has 2 aromatic rings. The lowest BCUT2D eigenvalue weighted by Gasteiger charge is -2.22. The highest BCUT2D eigenvalue weighted by Crippen LogP contribution is 2.31. The van der Waals surface area contributed by atoms with Gasteiger partial charge in [-0.15, -0.1) is 6.42 Å². The van der Waals surface area contributed by atoms with Crippen molar-refractivity contribution in [3.05, 3.63) is 40.7 Å². The number of nitro groups is 1.